The molecular formula is C16H23Cl2NO2. The van der Waals surface area contributed by atoms with E-state index in [0.717, 1.165) is 37.3 Å². The lowest BCUT2D eigenvalue weighted by Gasteiger charge is -2.25. The molecule has 0 radical (unpaired) electrons. The monoisotopic (exact) mass is 331 g/mol. The first-order valence-corrected chi connectivity index (χ1v) is 8.25. The highest BCUT2D eigenvalue weighted by molar-refractivity contribution is 6.35. The van der Waals surface area contributed by atoms with Crippen LogP contribution >= 0.6 is 23.2 Å². The van der Waals surface area contributed by atoms with Crippen molar-refractivity contribution in [2.45, 2.75) is 39.3 Å². The van der Waals surface area contributed by atoms with E-state index in [1.54, 1.807) is 6.07 Å². The molecule has 1 saturated heterocycles. The van der Waals surface area contributed by atoms with Crippen LogP contribution in [-0.2, 0) is 11.3 Å². The van der Waals surface area contributed by atoms with E-state index in [0.29, 0.717) is 29.1 Å². The third-order valence-corrected chi connectivity index (χ3v) is 3.86. The van der Waals surface area contributed by atoms with E-state index in [-0.39, 0.29) is 6.10 Å². The summed E-state index contributed by atoms with van der Waals surface area (Å²) < 4.78 is 11.5. The Morgan fingerprint density at radius 1 is 1.38 bits per heavy atom. The molecule has 0 saturated carbocycles. The molecule has 1 unspecified atom stereocenters. The van der Waals surface area contributed by atoms with Crippen molar-refractivity contribution < 1.29 is 9.47 Å². The predicted octanol–water partition coefficient (Wildman–Crippen LogP) is 4.30. The lowest BCUT2D eigenvalue weighted by molar-refractivity contribution is 0.00705. The Labute approximate surface area is 136 Å². The molecule has 3 nitrogen and oxygen atoms in total. The minimum Gasteiger partial charge on any atom is -0.486 e. The van der Waals surface area contributed by atoms with Gasteiger partial charge in [0.1, 0.15) is 11.9 Å². The van der Waals surface area contributed by atoms with Gasteiger partial charge in [-0.2, -0.15) is 0 Å². The standard InChI is InChI=1S/C16H23Cl2NO2/c1-11(2)8-19-9-12-6-13(17)7-15(18)16(12)21-14-4-3-5-20-10-14/h6-7,11,14,19H,3-5,8-10H2,1-2H3. The number of benzene rings is 1. The summed E-state index contributed by atoms with van der Waals surface area (Å²) in [7, 11) is 0. The van der Waals surface area contributed by atoms with Gasteiger partial charge in [-0.15, -0.1) is 0 Å². The summed E-state index contributed by atoms with van der Waals surface area (Å²) in [6.45, 7) is 7.43. The van der Waals surface area contributed by atoms with Crippen molar-refractivity contribution in [3.05, 3.63) is 27.7 Å². The Bertz CT molecular complexity index is 460. The molecule has 1 aromatic carbocycles. The van der Waals surface area contributed by atoms with Crippen LogP contribution in [-0.4, -0.2) is 25.9 Å². The van der Waals surface area contributed by atoms with Gasteiger partial charge in [0.25, 0.3) is 0 Å². The third kappa shape index (κ3) is 5.33. The van der Waals surface area contributed by atoms with Gasteiger partial charge in [-0.1, -0.05) is 37.0 Å². The maximum atomic E-state index is 6.32. The van der Waals surface area contributed by atoms with Gasteiger partial charge in [0, 0.05) is 23.7 Å². The number of hydrogen-bond donors (Lipinski definition) is 1. The minimum absolute atomic E-state index is 0.0706. The fraction of sp³-hybridized carbons (Fsp3) is 0.625. The van der Waals surface area contributed by atoms with Gasteiger partial charge in [0.15, 0.2) is 0 Å². The number of halogens is 2. The number of hydrogen-bond acceptors (Lipinski definition) is 3. The van der Waals surface area contributed by atoms with Crippen LogP contribution in [0.25, 0.3) is 0 Å². The number of rotatable bonds is 6. The number of ether oxygens (including phenoxy) is 2. The van der Waals surface area contributed by atoms with E-state index in [9.17, 15) is 0 Å². The van der Waals surface area contributed by atoms with Crippen molar-refractivity contribution in [1.82, 2.24) is 5.32 Å². The van der Waals surface area contributed by atoms with E-state index in [2.05, 4.69) is 19.2 Å². The average Bonchev–Trinajstić information content (AvgIpc) is 2.43. The second kappa shape index (κ2) is 8.23. The van der Waals surface area contributed by atoms with Crippen molar-refractivity contribution >= 4 is 23.2 Å². The van der Waals surface area contributed by atoms with E-state index in [1.807, 2.05) is 6.07 Å². The third-order valence-electron chi connectivity index (χ3n) is 3.36. The van der Waals surface area contributed by atoms with Gasteiger partial charge < -0.3 is 14.8 Å². The molecule has 1 aromatic rings. The molecule has 21 heavy (non-hydrogen) atoms. The van der Waals surface area contributed by atoms with Crippen LogP contribution in [0.3, 0.4) is 0 Å². The topological polar surface area (TPSA) is 30.5 Å². The van der Waals surface area contributed by atoms with E-state index < -0.39 is 0 Å². The van der Waals surface area contributed by atoms with Crippen molar-refractivity contribution in [2.24, 2.45) is 5.92 Å². The summed E-state index contributed by atoms with van der Waals surface area (Å²) in [4.78, 5) is 0. The van der Waals surface area contributed by atoms with E-state index in [4.69, 9.17) is 32.7 Å². The zero-order chi connectivity index (χ0) is 15.2. The Balaban J connectivity index is 2.09. The SMILES string of the molecule is CC(C)CNCc1cc(Cl)cc(Cl)c1OC1CCCOC1. The highest BCUT2D eigenvalue weighted by Gasteiger charge is 2.19. The molecule has 1 atom stereocenters. The molecule has 0 aliphatic carbocycles. The summed E-state index contributed by atoms with van der Waals surface area (Å²) in [5, 5.41) is 4.60. The summed E-state index contributed by atoms with van der Waals surface area (Å²) in [5.41, 5.74) is 0.999. The van der Waals surface area contributed by atoms with Crippen LogP contribution in [0.5, 0.6) is 5.75 Å². The zero-order valence-electron chi connectivity index (χ0n) is 12.6. The van der Waals surface area contributed by atoms with Crippen molar-refractivity contribution in [1.29, 1.82) is 0 Å². The van der Waals surface area contributed by atoms with Crippen LogP contribution in [0.15, 0.2) is 12.1 Å². The predicted molar refractivity (Wildman–Crippen MR) is 87.5 cm³/mol. The van der Waals surface area contributed by atoms with Gasteiger partial charge in [-0.25, -0.2) is 0 Å². The Morgan fingerprint density at radius 2 is 2.19 bits per heavy atom. The van der Waals surface area contributed by atoms with Gasteiger partial charge in [-0.3, -0.25) is 0 Å². The highest BCUT2D eigenvalue weighted by Crippen LogP contribution is 2.34. The lowest BCUT2D eigenvalue weighted by atomic mass is 10.1. The minimum atomic E-state index is 0.0706. The Hall–Kier alpha value is -0.480. The van der Waals surface area contributed by atoms with Crippen molar-refractivity contribution in [2.75, 3.05) is 19.8 Å². The van der Waals surface area contributed by atoms with Crippen LogP contribution in [0.4, 0.5) is 0 Å². The molecule has 1 N–H and O–H groups in total. The molecule has 0 bridgehead atoms. The van der Waals surface area contributed by atoms with Crippen LogP contribution in [0.1, 0.15) is 32.3 Å². The molecule has 1 aliphatic heterocycles. The van der Waals surface area contributed by atoms with Gasteiger partial charge in [0.05, 0.1) is 11.6 Å². The van der Waals surface area contributed by atoms with Gasteiger partial charge in [-0.05, 0) is 37.4 Å². The van der Waals surface area contributed by atoms with Crippen molar-refractivity contribution in [3.63, 3.8) is 0 Å². The number of nitrogens with one attached hydrogen (secondary N) is 1. The quantitative estimate of drug-likeness (QED) is 0.843. The maximum absolute atomic E-state index is 6.32. The van der Waals surface area contributed by atoms with E-state index in [1.165, 1.54) is 0 Å². The highest BCUT2D eigenvalue weighted by atomic mass is 35.5. The van der Waals surface area contributed by atoms with Crippen LogP contribution in [0.2, 0.25) is 10.0 Å². The largest absolute Gasteiger partial charge is 0.486 e. The maximum Gasteiger partial charge on any atom is 0.143 e. The zero-order valence-corrected chi connectivity index (χ0v) is 14.1. The second-order valence-electron chi connectivity index (χ2n) is 5.86. The molecule has 0 aromatic heterocycles. The van der Waals surface area contributed by atoms with Crippen LogP contribution < -0.4 is 10.1 Å². The molecule has 5 heteroatoms. The summed E-state index contributed by atoms with van der Waals surface area (Å²) in [6, 6.07) is 3.65. The van der Waals surface area contributed by atoms with Gasteiger partial charge in [0.2, 0.25) is 0 Å². The molecule has 118 valence electrons. The molecule has 0 spiro atoms. The fourth-order valence-corrected chi connectivity index (χ4v) is 2.92. The first-order valence-electron chi connectivity index (χ1n) is 7.49. The van der Waals surface area contributed by atoms with Crippen molar-refractivity contribution in [3.8, 4) is 5.75 Å². The molecular weight excluding hydrogens is 309 g/mol. The molecule has 0 amide bonds. The fourth-order valence-electron chi connectivity index (χ4n) is 2.34. The lowest BCUT2D eigenvalue weighted by Crippen LogP contribution is -2.29. The average molecular weight is 332 g/mol. The normalized spacial score (nSPS) is 19.0. The molecule has 2 rings (SSSR count). The summed E-state index contributed by atoms with van der Waals surface area (Å²) >= 11 is 12.4. The van der Waals surface area contributed by atoms with E-state index >= 15 is 0 Å². The Morgan fingerprint density at radius 3 is 2.86 bits per heavy atom. The smallest absolute Gasteiger partial charge is 0.143 e. The molecule has 1 heterocycles. The molecule has 1 aliphatic rings. The first kappa shape index (κ1) is 16.9. The van der Waals surface area contributed by atoms with Gasteiger partial charge >= 0.3 is 0 Å². The Kier molecular flexibility index (Phi) is 6.62. The first-order chi connectivity index (χ1) is 10.1. The second-order valence-corrected chi connectivity index (χ2v) is 6.70. The van der Waals surface area contributed by atoms with Crippen LogP contribution in [0, 0.1) is 5.92 Å². The molecule has 1 fully saturated rings. The summed E-state index contributed by atoms with van der Waals surface area (Å²) in [6.07, 6.45) is 2.09. The summed E-state index contributed by atoms with van der Waals surface area (Å²) in [5.74, 6) is 1.32.